The van der Waals surface area contributed by atoms with E-state index >= 15 is 0 Å². The Morgan fingerprint density at radius 3 is 2.14 bits per heavy atom. The van der Waals surface area contributed by atoms with Crippen LogP contribution < -0.4 is 11.5 Å². The Labute approximate surface area is 174 Å². The molecule has 0 fully saturated rings. The standard InChI is InChI=1S/C25H23BrN2/c1-3-13-25(14-4-2)21-15-18(27)9-10-19(21)20-11-12-22(28)23(24(20)25)16-5-7-17(26)8-6-16/h3-12,15H,1-2,13-14,27-28H2. The number of hydrogen-bond donors (Lipinski definition) is 2. The molecule has 0 spiro atoms. The van der Waals surface area contributed by atoms with Crippen LogP contribution in [0.1, 0.15) is 24.0 Å². The van der Waals surface area contributed by atoms with E-state index in [1.165, 1.54) is 22.3 Å². The minimum atomic E-state index is -0.276. The van der Waals surface area contributed by atoms with Crippen molar-refractivity contribution >= 4 is 27.3 Å². The fourth-order valence-electron chi connectivity index (χ4n) is 4.60. The van der Waals surface area contributed by atoms with Gasteiger partial charge in [-0.2, -0.15) is 0 Å². The van der Waals surface area contributed by atoms with Crippen LogP contribution in [0.25, 0.3) is 22.3 Å². The number of nitrogen functional groups attached to an aromatic ring is 2. The Kier molecular flexibility index (Phi) is 4.64. The highest BCUT2D eigenvalue weighted by Crippen LogP contribution is 2.57. The first-order valence-electron chi connectivity index (χ1n) is 9.33. The summed E-state index contributed by atoms with van der Waals surface area (Å²) in [4.78, 5) is 0. The molecule has 0 aliphatic heterocycles. The van der Waals surface area contributed by atoms with Gasteiger partial charge >= 0.3 is 0 Å². The molecule has 140 valence electrons. The van der Waals surface area contributed by atoms with E-state index in [1.807, 2.05) is 24.3 Å². The first-order valence-corrected chi connectivity index (χ1v) is 10.1. The maximum Gasteiger partial charge on any atom is 0.0397 e. The lowest BCUT2D eigenvalue weighted by molar-refractivity contribution is 0.545. The van der Waals surface area contributed by atoms with E-state index in [0.717, 1.165) is 39.8 Å². The van der Waals surface area contributed by atoms with Gasteiger partial charge in [0.25, 0.3) is 0 Å². The Balaban J connectivity index is 2.12. The van der Waals surface area contributed by atoms with Crippen LogP contribution in [0.3, 0.4) is 0 Å². The summed E-state index contributed by atoms with van der Waals surface area (Å²) in [6, 6.07) is 18.7. The second-order valence-electron chi connectivity index (χ2n) is 7.33. The highest BCUT2D eigenvalue weighted by atomic mass is 79.9. The normalized spacial score (nSPS) is 13.6. The van der Waals surface area contributed by atoms with Crippen molar-refractivity contribution in [3.63, 3.8) is 0 Å². The molecule has 3 aromatic carbocycles. The molecule has 4 rings (SSSR count). The molecule has 0 atom stereocenters. The number of nitrogens with two attached hydrogens (primary N) is 2. The molecule has 0 unspecified atom stereocenters. The van der Waals surface area contributed by atoms with Crippen molar-refractivity contribution in [2.75, 3.05) is 11.5 Å². The number of allylic oxidation sites excluding steroid dienone is 2. The van der Waals surface area contributed by atoms with Crippen molar-refractivity contribution in [3.05, 3.63) is 95.5 Å². The molecule has 0 saturated heterocycles. The summed E-state index contributed by atoms with van der Waals surface area (Å²) in [7, 11) is 0. The van der Waals surface area contributed by atoms with Crippen LogP contribution >= 0.6 is 15.9 Å². The molecule has 0 amide bonds. The average molecular weight is 431 g/mol. The third-order valence-corrected chi connectivity index (χ3v) is 6.21. The van der Waals surface area contributed by atoms with Gasteiger partial charge in [-0.05, 0) is 71.0 Å². The lowest BCUT2D eigenvalue weighted by atomic mass is 9.70. The third-order valence-electron chi connectivity index (χ3n) is 5.68. The zero-order chi connectivity index (χ0) is 19.9. The van der Waals surface area contributed by atoms with Gasteiger partial charge in [0.05, 0.1) is 0 Å². The maximum absolute atomic E-state index is 6.55. The highest BCUT2D eigenvalue weighted by molar-refractivity contribution is 9.10. The predicted octanol–water partition coefficient (Wildman–Crippen LogP) is 6.70. The largest absolute Gasteiger partial charge is 0.399 e. The molecule has 3 heteroatoms. The highest BCUT2D eigenvalue weighted by Gasteiger charge is 2.43. The maximum atomic E-state index is 6.55. The fraction of sp³-hybridized carbons (Fsp3) is 0.120. The van der Waals surface area contributed by atoms with Crippen LogP contribution in [-0.4, -0.2) is 0 Å². The van der Waals surface area contributed by atoms with Gasteiger partial charge in [0.1, 0.15) is 0 Å². The third kappa shape index (κ3) is 2.70. The van der Waals surface area contributed by atoms with Crippen LogP contribution in [0.15, 0.2) is 84.4 Å². The first-order chi connectivity index (χ1) is 13.5. The van der Waals surface area contributed by atoms with Crippen molar-refractivity contribution in [2.45, 2.75) is 18.3 Å². The van der Waals surface area contributed by atoms with Gasteiger partial charge in [0.15, 0.2) is 0 Å². The molecule has 0 heterocycles. The van der Waals surface area contributed by atoms with Gasteiger partial charge < -0.3 is 11.5 Å². The van der Waals surface area contributed by atoms with Crippen LogP contribution in [0.4, 0.5) is 11.4 Å². The van der Waals surface area contributed by atoms with Crippen molar-refractivity contribution in [1.82, 2.24) is 0 Å². The van der Waals surface area contributed by atoms with Gasteiger partial charge in [-0.3, -0.25) is 0 Å². The van der Waals surface area contributed by atoms with Crippen molar-refractivity contribution in [3.8, 4) is 22.3 Å². The molecule has 1 aliphatic carbocycles. The van der Waals surface area contributed by atoms with Crippen LogP contribution in [-0.2, 0) is 5.41 Å². The SMILES string of the molecule is C=CCC1(CC=C)c2cc(N)ccc2-c2ccc(N)c(-c3ccc(Br)cc3)c21. The number of fused-ring (bicyclic) bond motifs is 3. The monoisotopic (exact) mass is 430 g/mol. The summed E-state index contributed by atoms with van der Waals surface area (Å²) in [5.74, 6) is 0. The fourth-order valence-corrected chi connectivity index (χ4v) is 4.86. The molecule has 28 heavy (non-hydrogen) atoms. The van der Waals surface area contributed by atoms with Crippen molar-refractivity contribution in [1.29, 1.82) is 0 Å². The summed E-state index contributed by atoms with van der Waals surface area (Å²) in [5, 5.41) is 0. The second-order valence-corrected chi connectivity index (χ2v) is 8.25. The van der Waals surface area contributed by atoms with Gasteiger partial charge in [-0.15, -0.1) is 13.2 Å². The van der Waals surface area contributed by atoms with Gasteiger partial charge in [-0.25, -0.2) is 0 Å². The van der Waals surface area contributed by atoms with E-state index in [2.05, 4.69) is 71.6 Å². The molecule has 0 aromatic heterocycles. The zero-order valence-electron chi connectivity index (χ0n) is 15.7. The predicted molar refractivity (Wildman–Crippen MR) is 124 cm³/mol. The Bertz CT molecular complexity index is 1070. The molecular formula is C25H23BrN2. The molecule has 4 N–H and O–H groups in total. The molecule has 0 radical (unpaired) electrons. The van der Waals surface area contributed by atoms with E-state index in [-0.39, 0.29) is 5.41 Å². The molecule has 0 saturated carbocycles. The lowest BCUT2D eigenvalue weighted by Gasteiger charge is -2.32. The average Bonchev–Trinajstić information content (AvgIpc) is 2.93. The van der Waals surface area contributed by atoms with Gasteiger partial charge in [0.2, 0.25) is 0 Å². The zero-order valence-corrected chi connectivity index (χ0v) is 17.3. The number of rotatable bonds is 5. The summed E-state index contributed by atoms with van der Waals surface area (Å²) in [6.45, 7) is 8.11. The summed E-state index contributed by atoms with van der Waals surface area (Å²) >= 11 is 3.53. The minimum absolute atomic E-state index is 0.276. The van der Waals surface area contributed by atoms with Gasteiger partial charge in [0, 0.05) is 26.8 Å². The number of anilines is 2. The van der Waals surface area contributed by atoms with Gasteiger partial charge in [-0.1, -0.05) is 52.3 Å². The smallest absolute Gasteiger partial charge is 0.0397 e. The molecule has 2 nitrogen and oxygen atoms in total. The topological polar surface area (TPSA) is 52.0 Å². The Morgan fingerprint density at radius 2 is 1.50 bits per heavy atom. The van der Waals surface area contributed by atoms with Crippen molar-refractivity contribution in [2.24, 2.45) is 0 Å². The van der Waals surface area contributed by atoms with E-state index in [1.54, 1.807) is 0 Å². The number of hydrogen-bond acceptors (Lipinski definition) is 2. The molecule has 3 aromatic rings. The van der Waals surface area contributed by atoms with Crippen molar-refractivity contribution < 1.29 is 0 Å². The molecular weight excluding hydrogens is 408 g/mol. The van der Waals surface area contributed by atoms with Crippen LogP contribution in [0, 0.1) is 0 Å². The molecule has 0 bridgehead atoms. The minimum Gasteiger partial charge on any atom is -0.399 e. The van der Waals surface area contributed by atoms with Crippen LogP contribution in [0.5, 0.6) is 0 Å². The Hall–Kier alpha value is -2.78. The van der Waals surface area contributed by atoms with E-state index < -0.39 is 0 Å². The van der Waals surface area contributed by atoms with E-state index in [9.17, 15) is 0 Å². The summed E-state index contributed by atoms with van der Waals surface area (Å²) < 4.78 is 1.04. The first kappa shape index (κ1) is 18.6. The quantitative estimate of drug-likeness (QED) is 0.349. The molecule has 1 aliphatic rings. The van der Waals surface area contributed by atoms with E-state index in [0.29, 0.717) is 0 Å². The number of benzene rings is 3. The summed E-state index contributed by atoms with van der Waals surface area (Å²) in [5.41, 5.74) is 21.1. The van der Waals surface area contributed by atoms with Crippen LogP contribution in [0.2, 0.25) is 0 Å². The van der Waals surface area contributed by atoms with E-state index in [4.69, 9.17) is 11.5 Å². The second kappa shape index (κ2) is 6.99. The summed E-state index contributed by atoms with van der Waals surface area (Å²) in [6.07, 6.45) is 5.55. The number of halogens is 1. The Morgan fingerprint density at radius 1 is 0.857 bits per heavy atom. The lowest BCUT2D eigenvalue weighted by Crippen LogP contribution is -2.25.